The highest BCUT2D eigenvalue weighted by molar-refractivity contribution is 5.65. The molecule has 130 valence electrons. The molecule has 0 amide bonds. The minimum absolute atomic E-state index is 0.00599. The zero-order valence-electron chi connectivity index (χ0n) is 15.9. The van der Waals surface area contributed by atoms with Crippen LogP contribution in [-0.4, -0.2) is 14.5 Å². The van der Waals surface area contributed by atoms with Crippen LogP contribution in [0.4, 0.5) is 0 Å². The van der Waals surface area contributed by atoms with Crippen molar-refractivity contribution < 1.29 is 0 Å². The van der Waals surface area contributed by atoms with E-state index in [4.69, 9.17) is 16.4 Å². The number of rotatable bonds is 2. The lowest BCUT2D eigenvalue weighted by atomic mass is 9.93. The van der Waals surface area contributed by atoms with Crippen LogP contribution in [0.25, 0.3) is 24.3 Å². The van der Waals surface area contributed by atoms with E-state index >= 15 is 0 Å². The van der Waals surface area contributed by atoms with Gasteiger partial charge in [0.25, 0.3) is 0 Å². The average Bonchev–Trinajstić information content (AvgIpc) is 2.69. The summed E-state index contributed by atoms with van der Waals surface area (Å²) in [5, 5.41) is 1.65. The lowest BCUT2D eigenvalue weighted by Gasteiger charge is -2.13. The monoisotopic (exact) mass is 333 g/mol. The van der Waals surface area contributed by atoms with E-state index < -0.39 is 0 Å². The predicted octanol–water partition coefficient (Wildman–Crippen LogP) is 3.40. The van der Waals surface area contributed by atoms with Crippen LogP contribution in [0.3, 0.4) is 0 Å². The molecule has 1 heterocycles. The van der Waals surface area contributed by atoms with Crippen molar-refractivity contribution in [2.75, 3.05) is 0 Å². The molecule has 0 fully saturated rings. The molecule has 25 heavy (non-hydrogen) atoms. The van der Waals surface area contributed by atoms with Gasteiger partial charge in [0.05, 0.1) is 16.4 Å². The second-order valence-corrected chi connectivity index (χ2v) is 6.66. The largest absolute Gasteiger partial charge is 0.330 e. The van der Waals surface area contributed by atoms with Gasteiger partial charge in [-0.1, -0.05) is 38.2 Å². The van der Waals surface area contributed by atoms with Crippen molar-refractivity contribution in [3.8, 4) is 12.3 Å². The Morgan fingerprint density at radius 3 is 2.60 bits per heavy atom. The van der Waals surface area contributed by atoms with Crippen LogP contribution in [0.2, 0.25) is 0 Å². The zero-order chi connectivity index (χ0) is 18.4. The number of allylic oxidation sites excluding steroid dienone is 2. The first-order valence-electron chi connectivity index (χ1n) is 8.71. The van der Waals surface area contributed by atoms with Crippen LogP contribution >= 0.6 is 0 Å². The average molecular weight is 333 g/mol. The molecular formula is C22H27N3. The summed E-state index contributed by atoms with van der Waals surface area (Å²) in [5.74, 6) is 3.59. The molecule has 3 heteroatoms. The summed E-state index contributed by atoms with van der Waals surface area (Å²) in [6.07, 6.45) is 20.5. The first kappa shape index (κ1) is 18.7. The fourth-order valence-corrected chi connectivity index (χ4v) is 2.79. The normalized spacial score (nSPS) is 16.2. The molecule has 0 bridgehead atoms. The summed E-state index contributed by atoms with van der Waals surface area (Å²) in [6.45, 7) is 11.4. The number of aryl methyl sites for hydroxylation is 1. The van der Waals surface area contributed by atoms with Gasteiger partial charge < -0.3 is 4.57 Å². The summed E-state index contributed by atoms with van der Waals surface area (Å²) in [7, 11) is 0. The summed E-state index contributed by atoms with van der Waals surface area (Å²) in [5.41, 5.74) is 2.19. The van der Waals surface area contributed by atoms with Gasteiger partial charge in [-0.3, -0.25) is 4.98 Å². The number of hydrogen-bond acceptors (Lipinski definition) is 2. The molecule has 0 radical (unpaired) electrons. The van der Waals surface area contributed by atoms with Crippen LogP contribution in [0.1, 0.15) is 51.2 Å². The van der Waals surface area contributed by atoms with Gasteiger partial charge in [-0.15, -0.1) is 12.3 Å². The Morgan fingerprint density at radius 1 is 1.24 bits per heavy atom. The van der Waals surface area contributed by atoms with Crippen LogP contribution in [-0.2, 0) is 6.54 Å². The van der Waals surface area contributed by atoms with E-state index in [1.165, 1.54) is 0 Å². The molecule has 0 atom stereocenters. The molecule has 0 aliphatic heterocycles. The Labute approximate surface area is 150 Å². The van der Waals surface area contributed by atoms with Gasteiger partial charge in [0.1, 0.15) is 5.82 Å². The molecule has 0 unspecified atom stereocenters. The van der Waals surface area contributed by atoms with Crippen molar-refractivity contribution in [1.29, 1.82) is 0 Å². The lowest BCUT2D eigenvalue weighted by molar-refractivity contribution is 0.633. The molecule has 0 saturated carbocycles. The van der Waals surface area contributed by atoms with Crippen molar-refractivity contribution in [2.24, 2.45) is 5.41 Å². The molecule has 0 N–H and O–H groups in total. The number of hydrogen-bond donors (Lipinski definition) is 0. The van der Waals surface area contributed by atoms with E-state index in [2.05, 4.69) is 55.6 Å². The molecule has 0 spiro atoms. The standard InChI is InChI=1S/C22H27N3/c1-7-10-11-20-19(8-2)24-17(4)25(9-3)21-13-15-22(5,6)14-12-18(21)16-23-20/h1,8,11-16H,9-10H2,2-6H3/b19-8+,20-11+,23-16?,24-17?. The maximum atomic E-state index is 5.42. The molecule has 1 aliphatic rings. The summed E-state index contributed by atoms with van der Waals surface area (Å²) in [4.78, 5) is 9.53. The highest BCUT2D eigenvalue weighted by Gasteiger charge is 2.14. The topological polar surface area (TPSA) is 30.7 Å². The van der Waals surface area contributed by atoms with Crippen LogP contribution < -0.4 is 10.7 Å². The zero-order valence-corrected chi connectivity index (χ0v) is 15.9. The molecular weight excluding hydrogens is 306 g/mol. The minimum atomic E-state index is 0.00599. The van der Waals surface area contributed by atoms with Gasteiger partial charge >= 0.3 is 0 Å². The first-order chi connectivity index (χ1) is 11.9. The van der Waals surface area contributed by atoms with E-state index in [1.54, 1.807) is 0 Å². The predicted molar refractivity (Wildman–Crippen MR) is 107 cm³/mol. The molecule has 2 rings (SSSR count). The Balaban J connectivity index is 3.00. The van der Waals surface area contributed by atoms with Crippen LogP contribution in [0.15, 0.2) is 18.3 Å². The van der Waals surface area contributed by atoms with Crippen LogP contribution in [0.5, 0.6) is 0 Å². The van der Waals surface area contributed by atoms with Crippen molar-refractivity contribution >= 4 is 24.3 Å². The summed E-state index contributed by atoms with van der Waals surface area (Å²) < 4.78 is 2.22. The summed E-state index contributed by atoms with van der Waals surface area (Å²) in [6, 6.07) is 0. The van der Waals surface area contributed by atoms with Crippen molar-refractivity contribution in [3.05, 3.63) is 46.1 Å². The molecule has 1 aromatic heterocycles. The Morgan fingerprint density at radius 2 is 1.96 bits per heavy atom. The molecule has 1 aromatic rings. The van der Waals surface area contributed by atoms with E-state index in [0.29, 0.717) is 6.42 Å². The molecule has 0 saturated heterocycles. The second kappa shape index (κ2) is 7.98. The van der Waals surface area contributed by atoms with E-state index in [0.717, 1.165) is 34.3 Å². The van der Waals surface area contributed by atoms with Crippen LogP contribution in [0, 0.1) is 24.7 Å². The fraction of sp³-hybridized carbons (Fsp3) is 0.364. The van der Waals surface area contributed by atoms with Crippen molar-refractivity contribution in [1.82, 2.24) is 14.5 Å². The van der Waals surface area contributed by atoms with Gasteiger partial charge in [-0.05, 0) is 32.9 Å². The van der Waals surface area contributed by atoms with Gasteiger partial charge in [-0.25, -0.2) is 4.98 Å². The SMILES string of the molecule is C#CC/C=c1/ncc2c(n(CC)c(C)n/c1=C/C)C=CC(C)(C)C=C2. The first-order valence-corrected chi connectivity index (χ1v) is 8.71. The maximum Gasteiger partial charge on any atom is 0.106 e. The van der Waals surface area contributed by atoms with Gasteiger partial charge in [0.2, 0.25) is 0 Å². The maximum absolute atomic E-state index is 5.42. The Bertz CT molecular complexity index is 917. The lowest BCUT2D eigenvalue weighted by Crippen LogP contribution is -2.29. The fourth-order valence-electron chi connectivity index (χ4n) is 2.79. The summed E-state index contributed by atoms with van der Waals surface area (Å²) >= 11 is 0. The quantitative estimate of drug-likeness (QED) is 0.777. The van der Waals surface area contributed by atoms with Crippen molar-refractivity contribution in [2.45, 2.75) is 47.6 Å². The third kappa shape index (κ3) is 4.48. The molecule has 0 aromatic carbocycles. The van der Waals surface area contributed by atoms with E-state index in [9.17, 15) is 0 Å². The number of aromatic nitrogens is 3. The smallest absolute Gasteiger partial charge is 0.106 e. The Kier molecular flexibility index (Phi) is 5.98. The third-order valence-corrected chi connectivity index (χ3v) is 4.23. The van der Waals surface area contributed by atoms with Gasteiger partial charge in [-0.2, -0.15) is 0 Å². The van der Waals surface area contributed by atoms with E-state index in [-0.39, 0.29) is 5.41 Å². The highest BCUT2D eigenvalue weighted by Crippen LogP contribution is 2.26. The second-order valence-electron chi connectivity index (χ2n) is 6.66. The number of fused-ring (bicyclic) bond motifs is 1. The van der Waals surface area contributed by atoms with E-state index in [1.807, 2.05) is 32.2 Å². The third-order valence-electron chi connectivity index (χ3n) is 4.23. The van der Waals surface area contributed by atoms with Crippen molar-refractivity contribution in [3.63, 3.8) is 0 Å². The van der Waals surface area contributed by atoms with Gasteiger partial charge in [0.15, 0.2) is 0 Å². The number of nitrogens with zero attached hydrogens (tertiary/aromatic N) is 3. The Hall–Kier alpha value is -2.60. The molecule has 1 aliphatic carbocycles. The highest BCUT2D eigenvalue weighted by atomic mass is 15.0. The number of terminal acetylenes is 1. The van der Waals surface area contributed by atoms with Gasteiger partial charge in [0, 0.05) is 30.1 Å². The molecule has 3 nitrogen and oxygen atoms in total. The minimum Gasteiger partial charge on any atom is -0.330 e.